The van der Waals surface area contributed by atoms with Gasteiger partial charge in [-0.15, -0.1) is 0 Å². The minimum atomic E-state index is -0.273. The van der Waals surface area contributed by atoms with Crippen molar-refractivity contribution >= 4 is 5.78 Å². The van der Waals surface area contributed by atoms with E-state index in [0.717, 1.165) is 11.1 Å². The van der Waals surface area contributed by atoms with Crippen LogP contribution in [0.2, 0.25) is 0 Å². The summed E-state index contributed by atoms with van der Waals surface area (Å²) in [5.74, 6) is 2.52. The highest BCUT2D eigenvalue weighted by molar-refractivity contribution is 5.91. The SMILES string of the molecule is CC(C(=O)C(C)c1ccc(Oc2ccc(O)cc2)cc1)c1ccc(Oc2ccc(O)cc2)cc1. The standard InChI is InChI=1S/C29H26O5/c1-19(21-3-11-25(12-4-21)33-27-15-7-23(30)8-16-27)29(32)20(2)22-5-13-26(14-6-22)34-28-17-9-24(31)10-18-28/h3-20,30-31H,1-2H3. The molecule has 0 fully saturated rings. The van der Waals surface area contributed by atoms with E-state index in [1.165, 1.54) is 0 Å². The molecule has 0 saturated carbocycles. The molecule has 4 aromatic rings. The Morgan fingerprint density at radius 1 is 0.529 bits per heavy atom. The van der Waals surface area contributed by atoms with E-state index in [1.54, 1.807) is 48.5 Å². The second-order valence-electron chi connectivity index (χ2n) is 8.18. The van der Waals surface area contributed by atoms with E-state index in [4.69, 9.17) is 9.47 Å². The molecular weight excluding hydrogens is 428 g/mol. The molecule has 0 bridgehead atoms. The van der Waals surface area contributed by atoms with Gasteiger partial charge in [-0.2, -0.15) is 0 Å². The summed E-state index contributed by atoms with van der Waals surface area (Å²) < 4.78 is 11.6. The Kier molecular flexibility index (Phi) is 6.83. The predicted octanol–water partition coefficient (Wildman–Crippen LogP) is 7.16. The highest BCUT2D eigenvalue weighted by Gasteiger charge is 2.23. The zero-order chi connectivity index (χ0) is 24.1. The van der Waals surface area contributed by atoms with Crippen molar-refractivity contribution in [3.63, 3.8) is 0 Å². The van der Waals surface area contributed by atoms with E-state index in [2.05, 4.69) is 0 Å². The first-order chi connectivity index (χ1) is 16.4. The number of carbonyl (C=O) groups is 1. The molecule has 0 aliphatic rings. The lowest BCUT2D eigenvalue weighted by atomic mass is 9.86. The summed E-state index contributed by atoms with van der Waals surface area (Å²) in [6.07, 6.45) is 0. The smallest absolute Gasteiger partial charge is 0.147 e. The molecule has 2 N–H and O–H groups in total. The zero-order valence-electron chi connectivity index (χ0n) is 19.0. The van der Waals surface area contributed by atoms with Gasteiger partial charge in [0, 0.05) is 11.8 Å². The van der Waals surface area contributed by atoms with E-state index in [9.17, 15) is 15.0 Å². The Bertz CT molecular complexity index is 1130. The highest BCUT2D eigenvalue weighted by Crippen LogP contribution is 2.31. The number of phenolic OH excluding ortho intramolecular Hbond substituents is 2. The third-order valence-corrected chi connectivity index (χ3v) is 5.76. The molecule has 0 spiro atoms. The first-order valence-corrected chi connectivity index (χ1v) is 11.1. The van der Waals surface area contributed by atoms with Crippen molar-refractivity contribution in [2.75, 3.05) is 0 Å². The summed E-state index contributed by atoms with van der Waals surface area (Å²) in [4.78, 5) is 13.1. The van der Waals surface area contributed by atoms with E-state index in [0.29, 0.717) is 23.0 Å². The van der Waals surface area contributed by atoms with Gasteiger partial charge >= 0.3 is 0 Å². The molecule has 0 heterocycles. The molecular formula is C29H26O5. The van der Waals surface area contributed by atoms with Crippen LogP contribution in [0.5, 0.6) is 34.5 Å². The van der Waals surface area contributed by atoms with Crippen LogP contribution in [-0.4, -0.2) is 16.0 Å². The van der Waals surface area contributed by atoms with Crippen LogP contribution in [0.1, 0.15) is 36.8 Å². The fraction of sp³-hybridized carbons (Fsp3) is 0.138. The molecule has 34 heavy (non-hydrogen) atoms. The van der Waals surface area contributed by atoms with Gasteiger partial charge < -0.3 is 19.7 Å². The molecule has 172 valence electrons. The number of hydrogen-bond donors (Lipinski definition) is 2. The van der Waals surface area contributed by atoms with Gasteiger partial charge in [0.1, 0.15) is 40.3 Å². The summed E-state index contributed by atoms with van der Waals surface area (Å²) in [6, 6.07) is 28.0. The maximum absolute atomic E-state index is 13.1. The van der Waals surface area contributed by atoms with Crippen LogP contribution in [0, 0.1) is 0 Å². The van der Waals surface area contributed by atoms with Gasteiger partial charge in [-0.25, -0.2) is 0 Å². The number of hydrogen-bond acceptors (Lipinski definition) is 5. The van der Waals surface area contributed by atoms with Gasteiger partial charge in [0.15, 0.2) is 0 Å². The maximum atomic E-state index is 13.1. The minimum absolute atomic E-state index is 0.124. The lowest BCUT2D eigenvalue weighted by molar-refractivity contribution is -0.121. The number of Topliss-reactive ketones (excluding diaryl/α,β-unsaturated/α-hetero) is 1. The second-order valence-corrected chi connectivity index (χ2v) is 8.18. The molecule has 2 unspecified atom stereocenters. The normalized spacial score (nSPS) is 12.5. The second kappa shape index (κ2) is 10.1. The molecule has 5 nitrogen and oxygen atoms in total. The number of carbonyl (C=O) groups excluding carboxylic acids is 1. The minimum Gasteiger partial charge on any atom is -0.508 e. The largest absolute Gasteiger partial charge is 0.508 e. The lowest BCUT2D eigenvalue weighted by Crippen LogP contribution is -2.16. The van der Waals surface area contributed by atoms with Crippen LogP contribution in [0.15, 0.2) is 97.1 Å². The molecule has 0 aliphatic carbocycles. The Morgan fingerprint density at radius 3 is 1.09 bits per heavy atom. The van der Waals surface area contributed by atoms with Crippen molar-refractivity contribution < 1.29 is 24.5 Å². The zero-order valence-corrected chi connectivity index (χ0v) is 19.0. The Hall–Kier alpha value is -4.25. The van der Waals surface area contributed by atoms with Gasteiger partial charge in [0.05, 0.1) is 0 Å². The van der Waals surface area contributed by atoms with Crippen molar-refractivity contribution in [1.82, 2.24) is 0 Å². The summed E-state index contributed by atoms with van der Waals surface area (Å²) in [7, 11) is 0. The van der Waals surface area contributed by atoms with Gasteiger partial charge in [0.25, 0.3) is 0 Å². The van der Waals surface area contributed by atoms with Crippen LogP contribution in [0.4, 0.5) is 0 Å². The number of phenols is 2. The number of ether oxygens (including phenoxy) is 2. The fourth-order valence-electron chi connectivity index (χ4n) is 3.65. The molecule has 0 radical (unpaired) electrons. The first kappa shape index (κ1) is 22.9. The Labute approximate surface area is 198 Å². The number of aromatic hydroxyl groups is 2. The van der Waals surface area contributed by atoms with Crippen LogP contribution < -0.4 is 9.47 Å². The van der Waals surface area contributed by atoms with E-state index >= 15 is 0 Å². The van der Waals surface area contributed by atoms with Gasteiger partial charge in [-0.1, -0.05) is 38.1 Å². The molecule has 5 heteroatoms. The van der Waals surface area contributed by atoms with Gasteiger partial charge in [0.2, 0.25) is 0 Å². The van der Waals surface area contributed by atoms with Crippen LogP contribution in [-0.2, 0) is 4.79 Å². The number of rotatable bonds is 8. The summed E-state index contributed by atoms with van der Waals surface area (Å²) in [5, 5.41) is 18.8. The van der Waals surface area contributed by atoms with Crippen LogP contribution in [0.3, 0.4) is 0 Å². The van der Waals surface area contributed by atoms with Crippen LogP contribution >= 0.6 is 0 Å². The van der Waals surface area contributed by atoms with Gasteiger partial charge in [-0.05, 0) is 83.9 Å². The average molecular weight is 455 g/mol. The summed E-state index contributed by atoms with van der Waals surface area (Å²) >= 11 is 0. The fourth-order valence-corrected chi connectivity index (χ4v) is 3.65. The molecule has 0 aliphatic heterocycles. The lowest BCUT2D eigenvalue weighted by Gasteiger charge is -2.18. The monoisotopic (exact) mass is 454 g/mol. The van der Waals surface area contributed by atoms with Crippen molar-refractivity contribution in [2.45, 2.75) is 25.7 Å². The highest BCUT2D eigenvalue weighted by atomic mass is 16.5. The van der Waals surface area contributed by atoms with E-state index in [-0.39, 0.29) is 29.1 Å². The van der Waals surface area contributed by atoms with Crippen molar-refractivity contribution in [3.05, 3.63) is 108 Å². The van der Waals surface area contributed by atoms with Crippen LogP contribution in [0.25, 0.3) is 0 Å². The van der Waals surface area contributed by atoms with E-state index < -0.39 is 0 Å². The summed E-state index contributed by atoms with van der Waals surface area (Å²) in [5.41, 5.74) is 1.84. The number of benzene rings is 4. The van der Waals surface area contributed by atoms with Crippen molar-refractivity contribution in [3.8, 4) is 34.5 Å². The van der Waals surface area contributed by atoms with Crippen molar-refractivity contribution in [1.29, 1.82) is 0 Å². The third-order valence-electron chi connectivity index (χ3n) is 5.76. The first-order valence-electron chi connectivity index (χ1n) is 11.1. The molecule has 4 aromatic carbocycles. The van der Waals surface area contributed by atoms with Crippen molar-refractivity contribution in [2.24, 2.45) is 0 Å². The quantitative estimate of drug-likeness (QED) is 0.295. The molecule has 0 aromatic heterocycles. The molecule has 2 atom stereocenters. The topological polar surface area (TPSA) is 76.0 Å². The predicted molar refractivity (Wildman–Crippen MR) is 131 cm³/mol. The maximum Gasteiger partial charge on any atom is 0.147 e. The molecule has 4 rings (SSSR count). The Morgan fingerprint density at radius 2 is 0.794 bits per heavy atom. The Balaban J connectivity index is 1.38. The number of ketones is 1. The average Bonchev–Trinajstić information content (AvgIpc) is 2.86. The van der Waals surface area contributed by atoms with Gasteiger partial charge in [-0.3, -0.25) is 4.79 Å². The van der Waals surface area contributed by atoms with E-state index in [1.807, 2.05) is 62.4 Å². The third kappa shape index (κ3) is 5.56. The molecule has 0 saturated heterocycles. The molecule has 0 amide bonds. The summed E-state index contributed by atoms with van der Waals surface area (Å²) in [6.45, 7) is 3.83.